The third-order valence-electron chi connectivity index (χ3n) is 8.27. The highest BCUT2D eigenvalue weighted by Gasteiger charge is 2.20. The number of para-hydroxylation sites is 1. The number of hydrogen-bond acceptors (Lipinski definition) is 2. The number of hydrogen-bond donors (Lipinski definition) is 0. The quantitative estimate of drug-likeness (QED) is 0.216. The second-order valence-electron chi connectivity index (χ2n) is 10.5. The van der Waals surface area contributed by atoms with Crippen molar-refractivity contribution in [3.8, 4) is 22.5 Å². The summed E-state index contributed by atoms with van der Waals surface area (Å²) in [6, 6.07) is 47.2. The van der Waals surface area contributed by atoms with Crippen LogP contribution in [0.2, 0.25) is 0 Å². The number of rotatable bonds is 2. The molecule has 7 aromatic carbocycles. The van der Waals surface area contributed by atoms with Gasteiger partial charge in [-0.05, 0) is 73.8 Å². The lowest BCUT2D eigenvalue weighted by atomic mass is 9.87. The second-order valence-corrected chi connectivity index (χ2v) is 10.5. The van der Waals surface area contributed by atoms with Crippen LogP contribution in [0.15, 0.2) is 142 Å². The molecular weight excluding hydrogens is 488 g/mol. The fourth-order valence-corrected chi connectivity index (χ4v) is 6.50. The van der Waals surface area contributed by atoms with E-state index in [2.05, 4.69) is 121 Å². The topological polar surface area (TPSA) is 26.3 Å². The van der Waals surface area contributed by atoms with Crippen LogP contribution < -0.4 is 0 Å². The summed E-state index contributed by atoms with van der Waals surface area (Å²) < 4.78 is 12.7. The largest absolute Gasteiger partial charge is 0.456 e. The Morgan fingerprint density at radius 1 is 0.325 bits per heavy atom. The van der Waals surface area contributed by atoms with E-state index in [0.29, 0.717) is 0 Å². The van der Waals surface area contributed by atoms with Gasteiger partial charge >= 0.3 is 0 Å². The molecule has 40 heavy (non-hydrogen) atoms. The number of furan rings is 2. The molecule has 186 valence electrons. The van der Waals surface area contributed by atoms with Crippen LogP contribution in [0, 0.1) is 0 Å². The maximum absolute atomic E-state index is 6.61. The van der Waals surface area contributed by atoms with Crippen molar-refractivity contribution in [3.05, 3.63) is 133 Å². The van der Waals surface area contributed by atoms with Crippen LogP contribution in [-0.2, 0) is 0 Å². The van der Waals surface area contributed by atoms with E-state index >= 15 is 0 Å². The van der Waals surface area contributed by atoms with E-state index < -0.39 is 0 Å². The molecule has 2 heterocycles. The third-order valence-corrected chi connectivity index (χ3v) is 8.27. The SMILES string of the molecule is c1ccc2c(c1)ccc1oc(-c3c4ccccc4c(-c4ccc5oc6ccccc6c5c4)c4ccccc34)cc12. The molecule has 9 rings (SSSR count). The normalized spacial score (nSPS) is 12.0. The zero-order valence-electron chi connectivity index (χ0n) is 21.5. The number of benzene rings is 7. The summed E-state index contributed by atoms with van der Waals surface area (Å²) in [5.74, 6) is 0.890. The van der Waals surface area contributed by atoms with E-state index in [9.17, 15) is 0 Å². The molecule has 0 saturated carbocycles. The minimum atomic E-state index is 0.890. The standard InChI is InChI=1S/C38H22O2/c1-2-10-25-23(9-1)17-19-35-32(25)22-36(40-35)38-29-14-5-3-12-27(29)37(28-13-4-6-15-30(28)38)24-18-20-34-31(21-24)26-11-7-8-16-33(26)39-34/h1-22H. The summed E-state index contributed by atoms with van der Waals surface area (Å²) in [6.45, 7) is 0. The summed E-state index contributed by atoms with van der Waals surface area (Å²) in [7, 11) is 0. The van der Waals surface area contributed by atoms with Gasteiger partial charge in [-0.15, -0.1) is 0 Å². The van der Waals surface area contributed by atoms with Gasteiger partial charge in [-0.1, -0.05) is 103 Å². The fourth-order valence-electron chi connectivity index (χ4n) is 6.50. The molecule has 0 amide bonds. The first-order chi connectivity index (χ1) is 19.8. The maximum atomic E-state index is 6.61. The Morgan fingerprint density at radius 3 is 1.60 bits per heavy atom. The zero-order valence-corrected chi connectivity index (χ0v) is 21.5. The Morgan fingerprint density at radius 2 is 0.850 bits per heavy atom. The summed E-state index contributed by atoms with van der Waals surface area (Å²) in [5.41, 5.74) is 6.26. The molecule has 0 radical (unpaired) electrons. The lowest BCUT2D eigenvalue weighted by Crippen LogP contribution is -1.89. The number of fused-ring (bicyclic) bond motifs is 8. The molecule has 0 N–H and O–H groups in total. The van der Waals surface area contributed by atoms with Crippen LogP contribution in [0.4, 0.5) is 0 Å². The molecule has 2 nitrogen and oxygen atoms in total. The third kappa shape index (κ3) is 2.99. The van der Waals surface area contributed by atoms with Crippen LogP contribution in [-0.4, -0.2) is 0 Å². The molecule has 0 fully saturated rings. The van der Waals surface area contributed by atoms with E-state index in [0.717, 1.165) is 44.2 Å². The highest BCUT2D eigenvalue weighted by atomic mass is 16.3. The fraction of sp³-hybridized carbons (Fsp3) is 0. The van der Waals surface area contributed by atoms with Gasteiger partial charge in [0.2, 0.25) is 0 Å². The predicted molar refractivity (Wildman–Crippen MR) is 167 cm³/mol. The van der Waals surface area contributed by atoms with Crippen LogP contribution in [0.5, 0.6) is 0 Å². The van der Waals surface area contributed by atoms with E-state index in [1.54, 1.807) is 0 Å². The van der Waals surface area contributed by atoms with Gasteiger partial charge in [0.05, 0.1) is 0 Å². The zero-order chi connectivity index (χ0) is 26.2. The Labute approximate surface area is 229 Å². The van der Waals surface area contributed by atoms with Crippen LogP contribution in [0.1, 0.15) is 0 Å². The summed E-state index contributed by atoms with van der Waals surface area (Å²) >= 11 is 0. The van der Waals surface area contributed by atoms with Gasteiger partial charge in [-0.3, -0.25) is 0 Å². The minimum absolute atomic E-state index is 0.890. The molecular formula is C38H22O2. The molecule has 0 bridgehead atoms. The Balaban J connectivity index is 1.38. The van der Waals surface area contributed by atoms with Crippen molar-refractivity contribution < 1.29 is 8.83 Å². The van der Waals surface area contributed by atoms with Gasteiger partial charge in [0, 0.05) is 21.7 Å². The first kappa shape index (κ1) is 21.6. The molecule has 0 aliphatic carbocycles. The van der Waals surface area contributed by atoms with Gasteiger partial charge in [-0.25, -0.2) is 0 Å². The molecule has 0 aliphatic heterocycles. The smallest absolute Gasteiger partial charge is 0.136 e. The van der Waals surface area contributed by atoms with Crippen molar-refractivity contribution in [1.29, 1.82) is 0 Å². The lowest BCUT2D eigenvalue weighted by molar-refractivity contribution is 0.633. The van der Waals surface area contributed by atoms with Gasteiger partial charge < -0.3 is 8.83 Å². The van der Waals surface area contributed by atoms with E-state index in [1.807, 2.05) is 12.1 Å². The molecule has 2 heteroatoms. The van der Waals surface area contributed by atoms with Crippen LogP contribution in [0.3, 0.4) is 0 Å². The molecule has 0 unspecified atom stereocenters. The van der Waals surface area contributed by atoms with E-state index in [4.69, 9.17) is 8.83 Å². The summed E-state index contributed by atoms with van der Waals surface area (Å²) in [5, 5.41) is 10.6. The van der Waals surface area contributed by atoms with Crippen molar-refractivity contribution >= 4 is 65.2 Å². The van der Waals surface area contributed by atoms with E-state index in [1.165, 1.54) is 43.4 Å². The van der Waals surface area contributed by atoms with Crippen molar-refractivity contribution in [1.82, 2.24) is 0 Å². The first-order valence-corrected chi connectivity index (χ1v) is 13.6. The predicted octanol–water partition coefficient (Wildman–Crippen LogP) is 11.1. The van der Waals surface area contributed by atoms with Crippen LogP contribution >= 0.6 is 0 Å². The highest BCUT2D eigenvalue weighted by molar-refractivity contribution is 6.22. The lowest BCUT2D eigenvalue weighted by Gasteiger charge is -2.16. The Hall–Kier alpha value is -5.34. The van der Waals surface area contributed by atoms with Crippen LogP contribution in [0.25, 0.3) is 87.7 Å². The van der Waals surface area contributed by atoms with Gasteiger partial charge in [-0.2, -0.15) is 0 Å². The minimum Gasteiger partial charge on any atom is -0.456 e. The Bertz CT molecular complexity index is 2310. The maximum Gasteiger partial charge on any atom is 0.136 e. The van der Waals surface area contributed by atoms with Crippen molar-refractivity contribution in [3.63, 3.8) is 0 Å². The highest BCUT2D eigenvalue weighted by Crippen LogP contribution is 2.46. The molecule has 0 atom stereocenters. The average Bonchev–Trinajstić information content (AvgIpc) is 3.61. The average molecular weight is 511 g/mol. The van der Waals surface area contributed by atoms with Crippen molar-refractivity contribution in [2.45, 2.75) is 0 Å². The van der Waals surface area contributed by atoms with E-state index in [-0.39, 0.29) is 0 Å². The van der Waals surface area contributed by atoms with Gasteiger partial charge in [0.15, 0.2) is 0 Å². The summed E-state index contributed by atoms with van der Waals surface area (Å²) in [4.78, 5) is 0. The summed E-state index contributed by atoms with van der Waals surface area (Å²) in [6.07, 6.45) is 0. The van der Waals surface area contributed by atoms with Gasteiger partial charge in [0.1, 0.15) is 22.5 Å². The van der Waals surface area contributed by atoms with Gasteiger partial charge in [0.25, 0.3) is 0 Å². The van der Waals surface area contributed by atoms with Crippen molar-refractivity contribution in [2.24, 2.45) is 0 Å². The molecule has 0 spiro atoms. The molecule has 2 aromatic heterocycles. The van der Waals surface area contributed by atoms with Crippen molar-refractivity contribution in [2.75, 3.05) is 0 Å². The first-order valence-electron chi connectivity index (χ1n) is 13.6. The molecule has 9 aromatic rings. The molecule has 0 saturated heterocycles. The second kappa shape index (κ2) is 8.08. The Kier molecular flexibility index (Phi) is 4.36. The monoisotopic (exact) mass is 510 g/mol. The molecule has 0 aliphatic rings.